The summed E-state index contributed by atoms with van der Waals surface area (Å²) in [5, 5.41) is 0.129. The van der Waals surface area contributed by atoms with Crippen molar-refractivity contribution >= 4 is 27.5 Å². The van der Waals surface area contributed by atoms with Gasteiger partial charge in [-0.3, -0.25) is 0 Å². The molecule has 0 saturated heterocycles. The van der Waals surface area contributed by atoms with E-state index in [0.29, 0.717) is 17.0 Å². The molecular formula is C14H11BrClF2NO. The summed E-state index contributed by atoms with van der Waals surface area (Å²) in [6.45, 7) is 0. The molecule has 0 aliphatic rings. The molecule has 2 aromatic rings. The second kappa shape index (κ2) is 6.50. The first-order valence-electron chi connectivity index (χ1n) is 5.77. The van der Waals surface area contributed by atoms with Gasteiger partial charge in [0.2, 0.25) is 0 Å². The highest BCUT2D eigenvalue weighted by Crippen LogP contribution is 2.32. The van der Waals surface area contributed by atoms with Crippen LogP contribution in [0.3, 0.4) is 0 Å². The summed E-state index contributed by atoms with van der Waals surface area (Å²) in [5.41, 5.74) is 1.27. The van der Waals surface area contributed by atoms with Gasteiger partial charge in [-0.2, -0.15) is 0 Å². The number of alkyl halides is 2. The van der Waals surface area contributed by atoms with Gasteiger partial charge >= 0.3 is 0 Å². The van der Waals surface area contributed by atoms with Crippen LogP contribution in [0, 0.1) is 5.82 Å². The number of methoxy groups -OCH3 is 1. The third-order valence-electron chi connectivity index (χ3n) is 2.75. The largest absolute Gasteiger partial charge is 0.494 e. The Labute approximate surface area is 128 Å². The van der Waals surface area contributed by atoms with Crippen molar-refractivity contribution < 1.29 is 13.5 Å². The summed E-state index contributed by atoms with van der Waals surface area (Å²) in [7, 11) is 1.49. The minimum Gasteiger partial charge on any atom is -0.494 e. The fraction of sp³-hybridized carbons (Fsp3) is 0.214. The highest BCUT2D eigenvalue weighted by molar-refractivity contribution is 9.09. The molecular weight excluding hydrogens is 352 g/mol. The van der Waals surface area contributed by atoms with Gasteiger partial charge in [-0.15, -0.1) is 0 Å². The fourth-order valence-electron chi connectivity index (χ4n) is 1.73. The average molecular weight is 363 g/mol. The first-order valence-corrected chi connectivity index (χ1v) is 7.27. The van der Waals surface area contributed by atoms with E-state index >= 15 is 0 Å². The lowest BCUT2D eigenvalue weighted by Gasteiger charge is -2.11. The van der Waals surface area contributed by atoms with E-state index in [2.05, 4.69) is 20.9 Å². The maximum absolute atomic E-state index is 13.7. The van der Waals surface area contributed by atoms with E-state index in [9.17, 15) is 8.78 Å². The second-order valence-corrected chi connectivity index (χ2v) is 5.09. The Morgan fingerprint density at radius 2 is 2.10 bits per heavy atom. The van der Waals surface area contributed by atoms with Crippen molar-refractivity contribution in [1.29, 1.82) is 0 Å². The van der Waals surface area contributed by atoms with Gasteiger partial charge in [0.15, 0.2) is 6.17 Å². The maximum Gasteiger partial charge on any atom is 0.152 e. The molecule has 6 heteroatoms. The number of ether oxygens (including phenoxy) is 1. The number of aromatic nitrogens is 1. The molecule has 0 spiro atoms. The summed E-state index contributed by atoms with van der Waals surface area (Å²) in [5.74, 6) is -0.0486. The lowest BCUT2D eigenvalue weighted by Crippen LogP contribution is -2.00. The Morgan fingerprint density at radius 3 is 2.70 bits per heavy atom. The van der Waals surface area contributed by atoms with E-state index in [0.717, 1.165) is 0 Å². The monoisotopic (exact) mass is 361 g/mol. The van der Waals surface area contributed by atoms with Crippen molar-refractivity contribution in [2.75, 3.05) is 12.4 Å². The van der Waals surface area contributed by atoms with E-state index in [1.165, 1.54) is 25.3 Å². The Bertz CT molecular complexity index is 624. The zero-order valence-electron chi connectivity index (χ0n) is 10.5. The molecule has 0 N–H and O–H groups in total. The SMILES string of the molecule is COc1ccc(C(F)CBr)nc1-c1ccc(F)c(Cl)c1. The summed E-state index contributed by atoms with van der Waals surface area (Å²) in [6, 6.07) is 7.39. The first-order chi connectivity index (χ1) is 9.56. The molecule has 0 bridgehead atoms. The van der Waals surface area contributed by atoms with Crippen LogP contribution in [0.5, 0.6) is 5.75 Å². The van der Waals surface area contributed by atoms with Crippen LogP contribution in [0.2, 0.25) is 5.02 Å². The maximum atomic E-state index is 13.7. The number of hydrogen-bond acceptors (Lipinski definition) is 2. The summed E-state index contributed by atoms with van der Waals surface area (Å²) in [4.78, 5) is 4.24. The van der Waals surface area contributed by atoms with Gasteiger partial charge in [-0.05, 0) is 30.3 Å². The highest BCUT2D eigenvalue weighted by Gasteiger charge is 2.15. The average Bonchev–Trinajstić information content (AvgIpc) is 2.48. The van der Waals surface area contributed by atoms with Crippen LogP contribution in [0.1, 0.15) is 11.9 Å². The van der Waals surface area contributed by atoms with Gasteiger partial charge < -0.3 is 4.74 Å². The molecule has 1 unspecified atom stereocenters. The smallest absolute Gasteiger partial charge is 0.152 e. The first kappa shape index (κ1) is 15.2. The van der Waals surface area contributed by atoms with Gasteiger partial charge in [0, 0.05) is 10.9 Å². The molecule has 20 heavy (non-hydrogen) atoms. The Morgan fingerprint density at radius 1 is 1.35 bits per heavy atom. The van der Waals surface area contributed by atoms with Gasteiger partial charge in [0.25, 0.3) is 0 Å². The molecule has 1 atom stereocenters. The minimum atomic E-state index is -1.23. The van der Waals surface area contributed by atoms with Crippen LogP contribution in [-0.2, 0) is 0 Å². The molecule has 0 saturated carbocycles. The Kier molecular flexibility index (Phi) is 4.94. The highest BCUT2D eigenvalue weighted by atomic mass is 79.9. The molecule has 2 nitrogen and oxygen atoms in total. The molecule has 2 rings (SSSR count). The van der Waals surface area contributed by atoms with Crippen LogP contribution in [0.15, 0.2) is 30.3 Å². The molecule has 1 aromatic carbocycles. The van der Waals surface area contributed by atoms with Crippen molar-refractivity contribution in [2.24, 2.45) is 0 Å². The van der Waals surface area contributed by atoms with Crippen molar-refractivity contribution in [1.82, 2.24) is 4.98 Å². The van der Waals surface area contributed by atoms with Crippen LogP contribution < -0.4 is 4.74 Å². The van der Waals surface area contributed by atoms with Crippen molar-refractivity contribution in [3.63, 3.8) is 0 Å². The molecule has 106 valence electrons. The molecule has 0 radical (unpaired) electrons. The lowest BCUT2D eigenvalue weighted by atomic mass is 10.1. The Hall–Kier alpha value is -1.20. The molecule has 1 aromatic heterocycles. The molecule has 0 amide bonds. The topological polar surface area (TPSA) is 22.1 Å². The third kappa shape index (κ3) is 3.10. The van der Waals surface area contributed by atoms with Crippen molar-refractivity contribution in [3.8, 4) is 17.0 Å². The zero-order chi connectivity index (χ0) is 14.7. The van der Waals surface area contributed by atoms with E-state index in [1.807, 2.05) is 0 Å². The number of benzene rings is 1. The normalized spacial score (nSPS) is 12.2. The predicted octanol–water partition coefficient (Wildman–Crippen LogP) is 4.96. The third-order valence-corrected chi connectivity index (χ3v) is 3.61. The second-order valence-electron chi connectivity index (χ2n) is 4.04. The van der Waals surface area contributed by atoms with Crippen LogP contribution >= 0.6 is 27.5 Å². The van der Waals surface area contributed by atoms with E-state index in [1.54, 1.807) is 12.1 Å². The summed E-state index contributed by atoms with van der Waals surface area (Å²) < 4.78 is 32.1. The van der Waals surface area contributed by atoms with E-state index in [4.69, 9.17) is 16.3 Å². The van der Waals surface area contributed by atoms with E-state index < -0.39 is 12.0 Å². The minimum absolute atomic E-state index is 0.0194. The summed E-state index contributed by atoms with van der Waals surface area (Å²) >= 11 is 8.84. The standard InChI is InChI=1S/C14H11BrClF2NO/c1-20-13-5-4-12(11(18)7-15)19-14(13)8-2-3-10(17)9(16)6-8/h2-6,11H,7H2,1H3. The zero-order valence-corrected chi connectivity index (χ0v) is 12.9. The van der Waals surface area contributed by atoms with Crippen LogP contribution in [0.4, 0.5) is 8.78 Å². The van der Waals surface area contributed by atoms with Gasteiger partial charge in [0.1, 0.15) is 17.3 Å². The van der Waals surface area contributed by atoms with Crippen LogP contribution in [0.25, 0.3) is 11.3 Å². The van der Waals surface area contributed by atoms with Gasteiger partial charge in [-0.1, -0.05) is 27.5 Å². The molecule has 0 aliphatic carbocycles. The molecule has 0 aliphatic heterocycles. The van der Waals surface area contributed by atoms with Crippen LogP contribution in [-0.4, -0.2) is 17.4 Å². The summed E-state index contributed by atoms with van der Waals surface area (Å²) in [6.07, 6.45) is -1.23. The fourth-order valence-corrected chi connectivity index (χ4v) is 2.24. The number of pyridine rings is 1. The predicted molar refractivity (Wildman–Crippen MR) is 78.8 cm³/mol. The number of nitrogens with zero attached hydrogens (tertiary/aromatic N) is 1. The molecule has 0 fully saturated rings. The number of halogens is 4. The molecule has 1 heterocycles. The van der Waals surface area contributed by atoms with Crippen molar-refractivity contribution in [2.45, 2.75) is 6.17 Å². The lowest BCUT2D eigenvalue weighted by molar-refractivity contribution is 0.372. The number of hydrogen-bond donors (Lipinski definition) is 0. The van der Waals surface area contributed by atoms with Crippen molar-refractivity contribution in [3.05, 3.63) is 46.9 Å². The number of rotatable bonds is 4. The quantitative estimate of drug-likeness (QED) is 0.718. The van der Waals surface area contributed by atoms with E-state index in [-0.39, 0.29) is 16.0 Å². The van der Waals surface area contributed by atoms with Gasteiger partial charge in [-0.25, -0.2) is 13.8 Å². The van der Waals surface area contributed by atoms with Gasteiger partial charge in [0.05, 0.1) is 17.8 Å². The Balaban J connectivity index is 2.54.